The first-order valence-electron chi connectivity index (χ1n) is 9.33. The van der Waals surface area contributed by atoms with Gasteiger partial charge in [-0.15, -0.1) is 0 Å². The van der Waals surface area contributed by atoms with Gasteiger partial charge < -0.3 is 15.4 Å². The van der Waals surface area contributed by atoms with Crippen LogP contribution in [0.25, 0.3) is 10.9 Å². The predicted molar refractivity (Wildman–Crippen MR) is 112 cm³/mol. The summed E-state index contributed by atoms with van der Waals surface area (Å²) in [5, 5.41) is 10.9. The van der Waals surface area contributed by atoms with Crippen molar-refractivity contribution in [2.75, 3.05) is 10.6 Å². The number of anilines is 3. The maximum absolute atomic E-state index is 12.7. The molecular formula is C21H18F2N6O2. The predicted octanol–water partition coefficient (Wildman–Crippen LogP) is 4.18. The second-order valence-corrected chi connectivity index (χ2v) is 6.66. The van der Waals surface area contributed by atoms with Gasteiger partial charge in [-0.1, -0.05) is 18.2 Å². The van der Waals surface area contributed by atoms with E-state index in [1.165, 1.54) is 19.2 Å². The van der Waals surface area contributed by atoms with Crippen LogP contribution in [0.3, 0.4) is 0 Å². The Kier molecular flexibility index (Phi) is 5.69. The van der Waals surface area contributed by atoms with Gasteiger partial charge in [0, 0.05) is 30.1 Å². The summed E-state index contributed by atoms with van der Waals surface area (Å²) in [5.74, 6) is 1.01. The molecule has 3 aromatic heterocycles. The van der Waals surface area contributed by atoms with Crippen LogP contribution in [0.4, 0.5) is 26.1 Å². The largest absolute Gasteiger partial charge is 0.434 e. The standard InChI is InChI=1S/C21H18F2N6O2/c1-13(30)27-16-6-7-19(25-11-16)28-20-8-17-15(9-24-20)10-26-29(17)12-14-4-2-3-5-18(14)31-21(22)23/h2-11,21H,12H2,1H3,(H,27,30)(H,24,25,28). The zero-order valence-electron chi connectivity index (χ0n) is 16.4. The highest BCUT2D eigenvalue weighted by molar-refractivity contribution is 5.88. The molecule has 10 heteroatoms. The van der Waals surface area contributed by atoms with E-state index < -0.39 is 6.61 Å². The van der Waals surface area contributed by atoms with Gasteiger partial charge in [-0.05, 0) is 18.2 Å². The number of nitrogens with one attached hydrogen (secondary N) is 2. The highest BCUT2D eigenvalue weighted by Gasteiger charge is 2.12. The molecule has 4 rings (SSSR count). The van der Waals surface area contributed by atoms with Gasteiger partial charge in [0.1, 0.15) is 17.4 Å². The fourth-order valence-electron chi connectivity index (χ4n) is 3.05. The Morgan fingerprint density at radius 3 is 2.65 bits per heavy atom. The Labute approximate surface area is 175 Å². The lowest BCUT2D eigenvalue weighted by molar-refractivity contribution is -0.114. The summed E-state index contributed by atoms with van der Waals surface area (Å²) < 4.78 is 31.7. The first-order valence-corrected chi connectivity index (χ1v) is 9.33. The van der Waals surface area contributed by atoms with E-state index in [9.17, 15) is 13.6 Å². The minimum Gasteiger partial charge on any atom is -0.434 e. The molecule has 1 amide bonds. The molecule has 0 unspecified atom stereocenters. The molecule has 4 aromatic rings. The average Bonchev–Trinajstić information content (AvgIpc) is 3.12. The zero-order chi connectivity index (χ0) is 21.8. The number of para-hydroxylation sites is 1. The van der Waals surface area contributed by atoms with Crippen molar-refractivity contribution >= 4 is 34.1 Å². The van der Waals surface area contributed by atoms with Crippen molar-refractivity contribution in [1.29, 1.82) is 0 Å². The van der Waals surface area contributed by atoms with Gasteiger partial charge in [0.05, 0.1) is 30.1 Å². The van der Waals surface area contributed by atoms with Gasteiger partial charge in [0.2, 0.25) is 5.91 Å². The normalized spacial score (nSPS) is 11.0. The Morgan fingerprint density at radius 1 is 1.10 bits per heavy atom. The Morgan fingerprint density at radius 2 is 1.90 bits per heavy atom. The van der Waals surface area contributed by atoms with Crippen molar-refractivity contribution in [2.24, 2.45) is 0 Å². The van der Waals surface area contributed by atoms with E-state index in [1.54, 1.807) is 53.5 Å². The number of rotatable bonds is 7. The maximum Gasteiger partial charge on any atom is 0.387 e. The van der Waals surface area contributed by atoms with E-state index in [2.05, 4.69) is 30.4 Å². The van der Waals surface area contributed by atoms with E-state index in [1.807, 2.05) is 0 Å². The molecule has 0 bridgehead atoms. The monoisotopic (exact) mass is 424 g/mol. The summed E-state index contributed by atoms with van der Waals surface area (Å²) in [4.78, 5) is 19.7. The van der Waals surface area contributed by atoms with Crippen LogP contribution in [0.15, 0.2) is 61.1 Å². The third kappa shape index (κ3) is 4.92. The third-order valence-electron chi connectivity index (χ3n) is 4.37. The summed E-state index contributed by atoms with van der Waals surface area (Å²) in [7, 11) is 0. The van der Waals surface area contributed by atoms with Crippen LogP contribution < -0.4 is 15.4 Å². The molecule has 0 radical (unpaired) electrons. The summed E-state index contributed by atoms with van der Waals surface area (Å²) in [5.41, 5.74) is 1.93. The van der Waals surface area contributed by atoms with Gasteiger partial charge in [-0.2, -0.15) is 13.9 Å². The van der Waals surface area contributed by atoms with Crippen LogP contribution in [-0.2, 0) is 11.3 Å². The van der Waals surface area contributed by atoms with Crippen LogP contribution >= 0.6 is 0 Å². The van der Waals surface area contributed by atoms with Crippen molar-refractivity contribution in [3.63, 3.8) is 0 Å². The van der Waals surface area contributed by atoms with Crippen molar-refractivity contribution in [3.05, 3.63) is 66.6 Å². The highest BCUT2D eigenvalue weighted by Crippen LogP contribution is 2.24. The Hall–Kier alpha value is -4.08. The number of ether oxygens (including phenoxy) is 1. The number of amides is 1. The van der Waals surface area contributed by atoms with Gasteiger partial charge in [0.15, 0.2) is 0 Å². The molecule has 0 aliphatic carbocycles. The lowest BCUT2D eigenvalue weighted by atomic mass is 10.2. The summed E-state index contributed by atoms with van der Waals surface area (Å²) in [6.07, 6.45) is 4.85. The van der Waals surface area contributed by atoms with E-state index >= 15 is 0 Å². The number of pyridine rings is 2. The van der Waals surface area contributed by atoms with Crippen molar-refractivity contribution in [2.45, 2.75) is 20.1 Å². The Bertz CT molecular complexity index is 1210. The van der Waals surface area contributed by atoms with Crippen molar-refractivity contribution in [3.8, 4) is 5.75 Å². The Balaban J connectivity index is 1.56. The number of aromatic nitrogens is 4. The second kappa shape index (κ2) is 8.74. The second-order valence-electron chi connectivity index (χ2n) is 6.66. The van der Waals surface area contributed by atoms with E-state index in [0.717, 1.165) is 10.9 Å². The summed E-state index contributed by atoms with van der Waals surface area (Å²) >= 11 is 0. The number of alkyl halides is 2. The van der Waals surface area contributed by atoms with Gasteiger partial charge in [-0.3, -0.25) is 9.48 Å². The minimum atomic E-state index is -2.90. The fraction of sp³-hybridized carbons (Fsp3) is 0.143. The number of hydrogen-bond acceptors (Lipinski definition) is 6. The molecule has 0 aliphatic heterocycles. The number of nitrogens with zero attached hydrogens (tertiary/aromatic N) is 4. The lowest BCUT2D eigenvalue weighted by Gasteiger charge is -2.11. The van der Waals surface area contributed by atoms with Crippen molar-refractivity contribution in [1.82, 2.24) is 19.7 Å². The molecule has 2 N–H and O–H groups in total. The molecular weight excluding hydrogens is 406 g/mol. The molecule has 0 saturated heterocycles. The van der Waals surface area contributed by atoms with Crippen LogP contribution in [0, 0.1) is 0 Å². The quantitative estimate of drug-likeness (QED) is 0.462. The molecule has 3 heterocycles. The maximum atomic E-state index is 12.7. The average molecular weight is 424 g/mol. The SMILES string of the molecule is CC(=O)Nc1ccc(Nc2cc3c(cn2)cnn3Cc2ccccc2OC(F)F)nc1. The van der Waals surface area contributed by atoms with E-state index in [0.29, 0.717) is 22.9 Å². The number of fused-ring (bicyclic) bond motifs is 1. The van der Waals surface area contributed by atoms with Crippen LogP contribution in [0.2, 0.25) is 0 Å². The molecule has 31 heavy (non-hydrogen) atoms. The molecule has 8 nitrogen and oxygen atoms in total. The smallest absolute Gasteiger partial charge is 0.387 e. The number of carbonyl (C=O) groups is 1. The first-order chi connectivity index (χ1) is 15.0. The fourth-order valence-corrected chi connectivity index (χ4v) is 3.05. The third-order valence-corrected chi connectivity index (χ3v) is 4.37. The molecule has 0 saturated carbocycles. The van der Waals surface area contributed by atoms with Crippen LogP contribution in [-0.4, -0.2) is 32.3 Å². The summed E-state index contributed by atoms with van der Waals surface area (Å²) in [6.45, 7) is -1.23. The number of carbonyl (C=O) groups excluding carboxylic acids is 1. The van der Waals surface area contributed by atoms with Crippen molar-refractivity contribution < 1.29 is 18.3 Å². The molecule has 0 atom stereocenters. The molecule has 0 aliphatic rings. The molecule has 0 fully saturated rings. The number of halogens is 2. The topological polar surface area (TPSA) is 94.0 Å². The van der Waals surface area contributed by atoms with Gasteiger partial charge >= 0.3 is 6.61 Å². The first kappa shape index (κ1) is 20.2. The van der Waals surface area contributed by atoms with Crippen LogP contribution in [0.5, 0.6) is 5.75 Å². The highest BCUT2D eigenvalue weighted by atomic mass is 19.3. The number of hydrogen-bond donors (Lipinski definition) is 2. The van der Waals surface area contributed by atoms with E-state index in [4.69, 9.17) is 0 Å². The zero-order valence-corrected chi connectivity index (χ0v) is 16.4. The molecule has 158 valence electrons. The number of benzene rings is 1. The molecule has 1 aromatic carbocycles. The van der Waals surface area contributed by atoms with E-state index in [-0.39, 0.29) is 18.2 Å². The van der Waals surface area contributed by atoms with Gasteiger partial charge in [-0.25, -0.2) is 9.97 Å². The van der Waals surface area contributed by atoms with Crippen LogP contribution in [0.1, 0.15) is 12.5 Å². The minimum absolute atomic E-state index is 0.108. The lowest BCUT2D eigenvalue weighted by Crippen LogP contribution is -2.08. The summed E-state index contributed by atoms with van der Waals surface area (Å²) in [6, 6.07) is 11.8. The van der Waals surface area contributed by atoms with Gasteiger partial charge in [0.25, 0.3) is 0 Å². The molecule has 0 spiro atoms.